The molecule has 11 nitrogen and oxygen atoms in total. The average molecular weight is 554 g/mol. The summed E-state index contributed by atoms with van der Waals surface area (Å²) in [4.78, 5) is 35.5. The zero-order chi connectivity index (χ0) is 28.4. The lowest BCUT2D eigenvalue weighted by atomic mass is 10.00. The van der Waals surface area contributed by atoms with Gasteiger partial charge < -0.3 is 14.8 Å². The van der Waals surface area contributed by atoms with Gasteiger partial charge in [0.15, 0.2) is 0 Å². The Bertz CT molecular complexity index is 1500. The van der Waals surface area contributed by atoms with E-state index in [9.17, 15) is 18.0 Å². The lowest BCUT2D eigenvalue weighted by Gasteiger charge is -2.27. The second kappa shape index (κ2) is 10.9. The van der Waals surface area contributed by atoms with Crippen LogP contribution in [0.15, 0.2) is 53.4 Å². The van der Waals surface area contributed by atoms with Gasteiger partial charge in [0.2, 0.25) is 17.7 Å². The molecule has 1 aliphatic rings. The number of aryl methyl sites for hydroxylation is 2. The molecule has 0 radical (unpaired) electrons. The molecule has 2 aromatic carbocycles. The summed E-state index contributed by atoms with van der Waals surface area (Å²) in [7, 11) is -4.12. The lowest BCUT2D eigenvalue weighted by Crippen LogP contribution is -2.43. The Morgan fingerprint density at radius 2 is 1.74 bits per heavy atom. The second-order valence-corrected chi connectivity index (χ2v) is 11.8. The Morgan fingerprint density at radius 1 is 1.05 bits per heavy atom. The van der Waals surface area contributed by atoms with Crippen LogP contribution in [-0.4, -0.2) is 60.6 Å². The number of carbonyl (C=O) groups excluding carboxylic acids is 2. The number of benzene rings is 2. The van der Waals surface area contributed by atoms with Crippen molar-refractivity contribution in [1.29, 1.82) is 0 Å². The smallest absolute Gasteiger partial charge is 0.410 e. The molecule has 1 aromatic heterocycles. The van der Waals surface area contributed by atoms with Crippen molar-refractivity contribution in [3.8, 4) is 17.1 Å². The Labute approximate surface area is 227 Å². The van der Waals surface area contributed by atoms with Gasteiger partial charge in [-0.3, -0.25) is 9.69 Å². The van der Waals surface area contributed by atoms with Crippen molar-refractivity contribution >= 4 is 33.7 Å². The molecule has 2 N–H and O–H groups in total. The van der Waals surface area contributed by atoms with Crippen LogP contribution >= 0.6 is 0 Å². The fourth-order valence-corrected chi connectivity index (χ4v) is 5.00. The number of nitrogens with zero attached hydrogens (tertiary/aromatic N) is 3. The van der Waals surface area contributed by atoms with Crippen molar-refractivity contribution in [3.05, 3.63) is 59.7 Å². The van der Waals surface area contributed by atoms with Crippen molar-refractivity contribution in [3.63, 3.8) is 0 Å². The molecular weight excluding hydrogens is 522 g/mol. The van der Waals surface area contributed by atoms with Gasteiger partial charge in [-0.25, -0.2) is 22.9 Å². The van der Waals surface area contributed by atoms with Gasteiger partial charge >= 0.3 is 6.09 Å². The minimum Gasteiger partial charge on any atom is -0.476 e. The van der Waals surface area contributed by atoms with E-state index in [4.69, 9.17) is 9.47 Å². The standard InChI is InChI=1S/C27H31N5O6S/c1-17-8-6-9-18(2)24(17)21-15-23-30-25(29-21)31-39(35,36)20-11-7-10-19(14-20)28-22(33)16-32(12-13-37-23)26(34)38-27(3,4)5/h6-11,14-15H,12-13,16H2,1-5H3,(H,28,33)(H,29,30,31). The third-order valence-corrected chi connectivity index (χ3v) is 7.02. The Balaban J connectivity index is 1.78. The first kappa shape index (κ1) is 27.8. The molecule has 1 aliphatic heterocycles. The van der Waals surface area contributed by atoms with Gasteiger partial charge in [-0.2, -0.15) is 4.98 Å². The van der Waals surface area contributed by atoms with Gasteiger partial charge in [-0.1, -0.05) is 24.3 Å². The van der Waals surface area contributed by atoms with Gasteiger partial charge in [0.05, 0.1) is 17.1 Å². The van der Waals surface area contributed by atoms with Crippen LogP contribution in [0.4, 0.5) is 16.4 Å². The minimum absolute atomic E-state index is 0.00611. The zero-order valence-corrected chi connectivity index (χ0v) is 23.3. The van der Waals surface area contributed by atoms with Gasteiger partial charge in [0.1, 0.15) is 18.8 Å². The van der Waals surface area contributed by atoms with E-state index in [0.717, 1.165) is 16.7 Å². The number of ether oxygens (including phenoxy) is 2. The quantitative estimate of drug-likeness (QED) is 0.459. The number of hydrogen-bond acceptors (Lipinski definition) is 8. The van der Waals surface area contributed by atoms with Crippen molar-refractivity contribution in [1.82, 2.24) is 14.9 Å². The molecule has 39 heavy (non-hydrogen) atoms. The maximum absolute atomic E-state index is 13.2. The normalized spacial score (nSPS) is 15.6. The van der Waals surface area contributed by atoms with Crippen LogP contribution < -0.4 is 14.8 Å². The Kier molecular flexibility index (Phi) is 7.77. The van der Waals surface area contributed by atoms with Crippen LogP contribution in [0.2, 0.25) is 0 Å². The second-order valence-electron chi connectivity index (χ2n) is 10.1. The summed E-state index contributed by atoms with van der Waals surface area (Å²) >= 11 is 0. The first-order valence-electron chi connectivity index (χ1n) is 12.3. The Hall–Kier alpha value is -4.19. The third-order valence-electron chi connectivity index (χ3n) is 5.69. The van der Waals surface area contributed by atoms with Crippen LogP contribution in [0.3, 0.4) is 0 Å². The number of anilines is 2. The predicted molar refractivity (Wildman–Crippen MR) is 146 cm³/mol. The highest BCUT2D eigenvalue weighted by Crippen LogP contribution is 2.29. The highest BCUT2D eigenvalue weighted by atomic mass is 32.2. The molecule has 4 bridgehead atoms. The molecule has 0 spiro atoms. The van der Waals surface area contributed by atoms with Crippen LogP contribution in [0.5, 0.6) is 5.88 Å². The summed E-state index contributed by atoms with van der Waals surface area (Å²) in [5.41, 5.74) is 2.62. The van der Waals surface area contributed by atoms with Gasteiger partial charge in [0, 0.05) is 17.3 Å². The zero-order valence-electron chi connectivity index (χ0n) is 22.4. The van der Waals surface area contributed by atoms with E-state index in [-0.39, 0.29) is 42.1 Å². The maximum Gasteiger partial charge on any atom is 0.410 e. The van der Waals surface area contributed by atoms with Crippen molar-refractivity contribution in [2.75, 3.05) is 29.7 Å². The van der Waals surface area contributed by atoms with E-state index in [0.29, 0.717) is 5.69 Å². The summed E-state index contributed by atoms with van der Waals surface area (Å²) < 4.78 is 40.2. The molecule has 0 fully saturated rings. The average Bonchev–Trinajstić information content (AvgIpc) is 2.81. The predicted octanol–water partition coefficient (Wildman–Crippen LogP) is 4.13. The monoisotopic (exact) mass is 553 g/mol. The summed E-state index contributed by atoms with van der Waals surface area (Å²) in [5, 5.41) is 2.63. The van der Waals surface area contributed by atoms with E-state index >= 15 is 0 Å². The van der Waals surface area contributed by atoms with Crippen molar-refractivity contribution < 1.29 is 27.5 Å². The summed E-state index contributed by atoms with van der Waals surface area (Å²) in [6, 6.07) is 13.1. The summed E-state index contributed by atoms with van der Waals surface area (Å²) in [5.74, 6) is -0.619. The lowest BCUT2D eigenvalue weighted by molar-refractivity contribution is -0.117. The number of amides is 2. The molecule has 0 aliphatic carbocycles. The maximum atomic E-state index is 13.2. The third kappa shape index (κ3) is 7.02. The molecule has 0 unspecified atom stereocenters. The fraction of sp³-hybridized carbons (Fsp3) is 0.333. The number of nitrogens with one attached hydrogen (secondary N) is 2. The van der Waals surface area contributed by atoms with E-state index in [1.54, 1.807) is 32.9 Å². The fourth-order valence-electron chi connectivity index (χ4n) is 4.01. The van der Waals surface area contributed by atoms with Crippen molar-refractivity contribution in [2.45, 2.75) is 45.1 Å². The molecule has 2 heterocycles. The SMILES string of the molecule is Cc1cccc(C)c1-c1cc2nc(n1)NS(=O)(=O)c1cccc(c1)NC(=O)CN(C(=O)OC(C)(C)C)CCO2. The number of hydrogen-bond donors (Lipinski definition) is 2. The molecule has 4 rings (SSSR count). The Morgan fingerprint density at radius 3 is 2.44 bits per heavy atom. The largest absolute Gasteiger partial charge is 0.476 e. The van der Waals surface area contributed by atoms with E-state index in [2.05, 4.69) is 20.0 Å². The summed E-state index contributed by atoms with van der Waals surface area (Å²) in [6.07, 6.45) is -0.692. The van der Waals surface area contributed by atoms with Crippen LogP contribution in [0.1, 0.15) is 31.9 Å². The molecule has 0 saturated carbocycles. The number of fused-ring (bicyclic) bond motifs is 4. The molecule has 3 aromatic rings. The number of carbonyl (C=O) groups is 2. The molecule has 206 valence electrons. The van der Waals surface area contributed by atoms with Crippen LogP contribution in [-0.2, 0) is 19.6 Å². The van der Waals surface area contributed by atoms with Gasteiger partial charge in [-0.15, -0.1) is 0 Å². The molecule has 0 atom stereocenters. The van der Waals surface area contributed by atoms with Crippen molar-refractivity contribution in [2.24, 2.45) is 0 Å². The van der Waals surface area contributed by atoms with E-state index < -0.39 is 27.6 Å². The van der Waals surface area contributed by atoms with E-state index in [1.807, 2.05) is 32.0 Å². The minimum atomic E-state index is -4.12. The number of aromatic nitrogens is 2. The first-order chi connectivity index (χ1) is 18.3. The summed E-state index contributed by atoms with van der Waals surface area (Å²) in [6.45, 7) is 8.66. The van der Waals surface area contributed by atoms with Crippen LogP contribution in [0, 0.1) is 13.8 Å². The van der Waals surface area contributed by atoms with E-state index in [1.165, 1.54) is 23.1 Å². The number of rotatable bonds is 1. The molecule has 2 amide bonds. The number of sulfonamides is 1. The van der Waals surface area contributed by atoms with Crippen LogP contribution in [0.25, 0.3) is 11.3 Å². The molecule has 0 saturated heterocycles. The highest BCUT2D eigenvalue weighted by molar-refractivity contribution is 7.92. The molecular formula is C27H31N5O6S. The highest BCUT2D eigenvalue weighted by Gasteiger charge is 2.25. The van der Waals surface area contributed by atoms with Gasteiger partial charge in [0.25, 0.3) is 10.0 Å². The topological polar surface area (TPSA) is 140 Å². The first-order valence-corrected chi connectivity index (χ1v) is 13.8. The molecule has 12 heteroatoms. The van der Waals surface area contributed by atoms with Gasteiger partial charge in [-0.05, 0) is 63.9 Å².